The van der Waals surface area contributed by atoms with Gasteiger partial charge in [0.2, 0.25) is 5.91 Å². The highest BCUT2D eigenvalue weighted by atomic mass is 35.5. The second-order valence-electron chi connectivity index (χ2n) is 3.47. The molecule has 90 valence electrons. The molecule has 1 aliphatic heterocycles. The minimum Gasteiger partial charge on any atom is -0.322 e. The van der Waals surface area contributed by atoms with Gasteiger partial charge in [0.05, 0.1) is 24.5 Å². The van der Waals surface area contributed by atoms with Crippen molar-refractivity contribution < 1.29 is 13.6 Å². The second-order valence-corrected chi connectivity index (χ2v) is 3.47. The van der Waals surface area contributed by atoms with Crippen LogP contribution in [0.4, 0.5) is 14.5 Å². The monoisotopic (exact) mass is 252 g/mol. The molecule has 0 saturated carbocycles. The van der Waals surface area contributed by atoms with Gasteiger partial charge in [-0.2, -0.15) is 5.10 Å². The van der Waals surface area contributed by atoms with Gasteiger partial charge in [-0.05, 0) is 0 Å². The first-order valence-electron chi connectivity index (χ1n) is 4.48. The summed E-state index contributed by atoms with van der Waals surface area (Å²) >= 11 is 0. The molecular weight excluding hydrogens is 242 g/mol. The number of nitrogens with zero attached hydrogens (tertiary/aromatic N) is 1. The van der Waals surface area contributed by atoms with Gasteiger partial charge >= 0.3 is 0 Å². The third kappa shape index (κ3) is 2.89. The number of rotatable bonds is 2. The van der Waals surface area contributed by atoms with E-state index in [2.05, 4.69) is 20.8 Å². The van der Waals surface area contributed by atoms with Crippen LogP contribution in [-0.2, 0) is 4.79 Å². The van der Waals surface area contributed by atoms with Gasteiger partial charge in [0, 0.05) is 12.6 Å². The standard InChI is InChI=1S/C8H10F2N4O.ClH/c9-8(10)1-6(11-4-8)7(15)14-5-2-12-13-3-5;/h2-3,6,11H,1,4H2,(H,12,13)(H,14,15);1H. The first-order valence-corrected chi connectivity index (χ1v) is 4.48. The highest BCUT2D eigenvalue weighted by Gasteiger charge is 2.42. The Labute approximate surface area is 96.4 Å². The minimum absolute atomic E-state index is 0. The number of carbonyl (C=O) groups excluding carboxylic acids is 1. The fraction of sp³-hybridized carbons (Fsp3) is 0.500. The molecule has 2 heterocycles. The quantitative estimate of drug-likeness (QED) is 0.728. The molecule has 0 aromatic carbocycles. The molecule has 16 heavy (non-hydrogen) atoms. The van der Waals surface area contributed by atoms with Crippen LogP contribution in [0.5, 0.6) is 0 Å². The third-order valence-corrected chi connectivity index (χ3v) is 2.19. The Bertz CT molecular complexity index is 357. The van der Waals surface area contributed by atoms with Crippen LogP contribution < -0.4 is 10.6 Å². The van der Waals surface area contributed by atoms with Gasteiger partial charge in [-0.1, -0.05) is 0 Å². The summed E-state index contributed by atoms with van der Waals surface area (Å²) in [7, 11) is 0. The summed E-state index contributed by atoms with van der Waals surface area (Å²) < 4.78 is 25.5. The molecule has 0 radical (unpaired) electrons. The first kappa shape index (κ1) is 12.9. The molecule has 1 unspecified atom stereocenters. The number of amides is 1. The van der Waals surface area contributed by atoms with Gasteiger partial charge in [0.25, 0.3) is 5.92 Å². The highest BCUT2D eigenvalue weighted by Crippen LogP contribution is 2.25. The third-order valence-electron chi connectivity index (χ3n) is 2.19. The number of nitrogens with one attached hydrogen (secondary N) is 3. The van der Waals surface area contributed by atoms with Crippen molar-refractivity contribution in [2.45, 2.75) is 18.4 Å². The largest absolute Gasteiger partial charge is 0.322 e. The number of hydrogen-bond donors (Lipinski definition) is 3. The molecule has 1 aromatic heterocycles. The average Bonchev–Trinajstić information content (AvgIpc) is 2.74. The number of anilines is 1. The zero-order valence-corrected chi connectivity index (χ0v) is 8.98. The molecule has 0 spiro atoms. The van der Waals surface area contributed by atoms with Crippen LogP contribution >= 0.6 is 12.4 Å². The normalized spacial score (nSPS) is 22.5. The van der Waals surface area contributed by atoms with Gasteiger partial charge in [-0.3, -0.25) is 15.2 Å². The number of hydrogen-bond acceptors (Lipinski definition) is 3. The van der Waals surface area contributed by atoms with Crippen molar-refractivity contribution in [3.05, 3.63) is 12.4 Å². The lowest BCUT2D eigenvalue weighted by Gasteiger charge is -2.09. The number of alkyl halides is 2. The van der Waals surface area contributed by atoms with Crippen LogP contribution in [0.2, 0.25) is 0 Å². The van der Waals surface area contributed by atoms with E-state index >= 15 is 0 Å². The number of aromatic amines is 1. The lowest BCUT2D eigenvalue weighted by Crippen LogP contribution is -2.35. The number of H-pyrrole nitrogens is 1. The van der Waals surface area contributed by atoms with E-state index in [9.17, 15) is 13.6 Å². The molecule has 8 heteroatoms. The fourth-order valence-electron chi connectivity index (χ4n) is 1.45. The Morgan fingerprint density at radius 3 is 2.88 bits per heavy atom. The molecule has 1 fully saturated rings. The Kier molecular flexibility index (Phi) is 3.82. The lowest BCUT2D eigenvalue weighted by molar-refractivity contribution is -0.118. The Morgan fingerprint density at radius 1 is 1.62 bits per heavy atom. The maximum Gasteiger partial charge on any atom is 0.262 e. The van der Waals surface area contributed by atoms with E-state index in [0.29, 0.717) is 5.69 Å². The molecule has 0 bridgehead atoms. The molecule has 3 N–H and O–H groups in total. The highest BCUT2D eigenvalue weighted by molar-refractivity contribution is 5.94. The number of halogens is 3. The van der Waals surface area contributed by atoms with Crippen LogP contribution in [0.1, 0.15) is 6.42 Å². The summed E-state index contributed by atoms with van der Waals surface area (Å²) in [5.41, 5.74) is 0.469. The summed E-state index contributed by atoms with van der Waals surface area (Å²) in [6.45, 7) is -0.448. The van der Waals surface area contributed by atoms with Crippen LogP contribution in [0.3, 0.4) is 0 Å². The van der Waals surface area contributed by atoms with E-state index in [1.807, 2.05) is 0 Å². The zero-order valence-electron chi connectivity index (χ0n) is 8.17. The number of aromatic nitrogens is 2. The summed E-state index contributed by atoms with van der Waals surface area (Å²) in [5.74, 6) is -3.26. The zero-order chi connectivity index (χ0) is 10.9. The van der Waals surface area contributed by atoms with Crippen molar-refractivity contribution in [3.8, 4) is 0 Å². The Hall–Kier alpha value is -1.21. The predicted octanol–water partition coefficient (Wildman–Crippen LogP) is 0.767. The fourth-order valence-corrected chi connectivity index (χ4v) is 1.45. The smallest absolute Gasteiger partial charge is 0.262 e. The van der Waals surface area contributed by atoms with E-state index in [1.165, 1.54) is 12.4 Å². The average molecular weight is 253 g/mol. The van der Waals surface area contributed by atoms with Crippen LogP contribution in [0, 0.1) is 0 Å². The van der Waals surface area contributed by atoms with Crippen molar-refractivity contribution in [3.63, 3.8) is 0 Å². The number of carbonyl (C=O) groups is 1. The van der Waals surface area contributed by atoms with Crippen molar-refractivity contribution in [1.82, 2.24) is 15.5 Å². The molecule has 1 saturated heterocycles. The second kappa shape index (κ2) is 4.75. The van der Waals surface area contributed by atoms with E-state index in [0.717, 1.165) is 0 Å². The van der Waals surface area contributed by atoms with E-state index in [1.54, 1.807) is 0 Å². The SMILES string of the molecule is Cl.O=C(Nc1cn[nH]c1)C1CC(F)(F)CN1. The molecule has 1 atom stereocenters. The topological polar surface area (TPSA) is 69.8 Å². The molecule has 0 aliphatic carbocycles. The van der Waals surface area contributed by atoms with Crippen molar-refractivity contribution in [1.29, 1.82) is 0 Å². The summed E-state index contributed by atoms with van der Waals surface area (Å²) in [6, 6.07) is -0.838. The van der Waals surface area contributed by atoms with Crippen LogP contribution in [-0.4, -0.2) is 34.6 Å². The minimum atomic E-state index is -2.79. The summed E-state index contributed by atoms with van der Waals surface area (Å²) in [6.07, 6.45) is 2.42. The predicted molar refractivity (Wildman–Crippen MR) is 55.8 cm³/mol. The van der Waals surface area contributed by atoms with Crippen LogP contribution in [0.15, 0.2) is 12.4 Å². The first-order chi connectivity index (χ1) is 7.07. The summed E-state index contributed by atoms with van der Waals surface area (Å²) in [5, 5.41) is 11.1. The van der Waals surface area contributed by atoms with Crippen molar-refractivity contribution in [2.24, 2.45) is 0 Å². The van der Waals surface area contributed by atoms with E-state index < -0.39 is 30.8 Å². The van der Waals surface area contributed by atoms with E-state index in [4.69, 9.17) is 0 Å². The Morgan fingerprint density at radius 2 is 2.38 bits per heavy atom. The van der Waals surface area contributed by atoms with Gasteiger partial charge < -0.3 is 5.32 Å². The maximum atomic E-state index is 12.8. The van der Waals surface area contributed by atoms with Crippen LogP contribution in [0.25, 0.3) is 0 Å². The van der Waals surface area contributed by atoms with Gasteiger partial charge in [-0.15, -0.1) is 12.4 Å². The van der Waals surface area contributed by atoms with Gasteiger partial charge in [0.1, 0.15) is 0 Å². The Balaban J connectivity index is 0.00000128. The molecular formula is C8H11ClF2N4O. The van der Waals surface area contributed by atoms with E-state index in [-0.39, 0.29) is 12.4 Å². The molecule has 1 aliphatic rings. The maximum absolute atomic E-state index is 12.8. The van der Waals surface area contributed by atoms with Crippen molar-refractivity contribution >= 4 is 24.0 Å². The van der Waals surface area contributed by atoms with Gasteiger partial charge in [0.15, 0.2) is 0 Å². The molecule has 5 nitrogen and oxygen atoms in total. The lowest BCUT2D eigenvalue weighted by atomic mass is 10.2. The molecule has 2 rings (SSSR count). The van der Waals surface area contributed by atoms with Crippen molar-refractivity contribution in [2.75, 3.05) is 11.9 Å². The molecule has 1 amide bonds. The molecule has 1 aromatic rings. The van der Waals surface area contributed by atoms with Gasteiger partial charge in [-0.25, -0.2) is 8.78 Å². The summed E-state index contributed by atoms with van der Waals surface area (Å²) in [4.78, 5) is 11.5.